The lowest BCUT2D eigenvalue weighted by Gasteiger charge is -2.11. The molecule has 0 saturated carbocycles. The Hall–Kier alpha value is -1.63. The van der Waals surface area contributed by atoms with E-state index < -0.39 is 0 Å². The van der Waals surface area contributed by atoms with Crippen molar-refractivity contribution in [3.8, 4) is 0 Å². The molecule has 0 heterocycles. The number of carbonyl (C=O) groups excluding carboxylic acids is 1. The van der Waals surface area contributed by atoms with Crippen LogP contribution < -0.4 is 0 Å². The highest BCUT2D eigenvalue weighted by atomic mass is 16.1. The number of aryl methyl sites for hydroxylation is 1. The molecule has 1 aromatic carbocycles. The predicted octanol–water partition coefficient (Wildman–Crippen LogP) is 4.23. The van der Waals surface area contributed by atoms with Crippen LogP contribution in [0, 0.1) is 6.92 Å². The van der Waals surface area contributed by atoms with E-state index in [9.17, 15) is 4.79 Å². The minimum atomic E-state index is 0.120. The lowest BCUT2D eigenvalue weighted by molar-refractivity contribution is 0.104. The number of ketones is 1. The highest BCUT2D eigenvalue weighted by Gasteiger charge is 2.07. The molecule has 0 unspecified atom stereocenters. The molecule has 1 heteroatoms. The number of hydrogen-bond acceptors (Lipinski definition) is 1. The summed E-state index contributed by atoms with van der Waals surface area (Å²) in [6, 6.07) is 7.77. The van der Waals surface area contributed by atoms with Gasteiger partial charge in [-0.1, -0.05) is 35.4 Å². The molecule has 0 N–H and O–H groups in total. The number of carbonyl (C=O) groups is 1. The van der Waals surface area contributed by atoms with Gasteiger partial charge in [-0.2, -0.15) is 0 Å². The molecule has 1 aliphatic carbocycles. The largest absolute Gasteiger partial charge is 0.289 e. The number of allylic oxidation sites excluding steroid dienone is 4. The van der Waals surface area contributed by atoms with Crippen molar-refractivity contribution in [3.05, 3.63) is 58.7 Å². The maximum absolute atomic E-state index is 12.1. The van der Waals surface area contributed by atoms with Gasteiger partial charge < -0.3 is 0 Å². The van der Waals surface area contributed by atoms with Gasteiger partial charge in [0.1, 0.15) is 0 Å². The Bertz CT molecular complexity index is 492. The second kappa shape index (κ2) is 5.13. The molecule has 1 nitrogen and oxygen atoms in total. The molecule has 0 radical (unpaired) electrons. The van der Waals surface area contributed by atoms with Crippen LogP contribution in [0.4, 0.5) is 0 Å². The van der Waals surface area contributed by atoms with Gasteiger partial charge in [-0.25, -0.2) is 0 Å². The van der Waals surface area contributed by atoms with Gasteiger partial charge in [0.05, 0.1) is 0 Å². The molecule has 1 aromatic rings. The normalized spacial score (nSPS) is 18.0. The number of hydrogen-bond donors (Lipinski definition) is 0. The molecule has 0 amide bonds. The Morgan fingerprint density at radius 2 is 2.06 bits per heavy atom. The van der Waals surface area contributed by atoms with Gasteiger partial charge in [0.2, 0.25) is 0 Å². The zero-order valence-corrected chi connectivity index (χ0v) is 10.5. The fourth-order valence-corrected chi connectivity index (χ4v) is 2.20. The Morgan fingerprint density at radius 3 is 2.76 bits per heavy atom. The maximum Gasteiger partial charge on any atom is 0.186 e. The van der Waals surface area contributed by atoms with Crippen LogP contribution in [0.15, 0.2) is 47.6 Å². The molecule has 2 rings (SSSR count). The molecule has 0 atom stereocenters. The Morgan fingerprint density at radius 1 is 1.24 bits per heavy atom. The third kappa shape index (κ3) is 3.16. The molecular formula is C16H18O. The minimum Gasteiger partial charge on any atom is -0.289 e. The Labute approximate surface area is 103 Å². The minimum absolute atomic E-state index is 0.120. The van der Waals surface area contributed by atoms with E-state index in [1.807, 2.05) is 31.2 Å². The van der Waals surface area contributed by atoms with E-state index in [1.54, 1.807) is 6.08 Å². The van der Waals surface area contributed by atoms with E-state index in [0.717, 1.165) is 30.4 Å². The monoisotopic (exact) mass is 226 g/mol. The molecule has 0 spiro atoms. The van der Waals surface area contributed by atoms with Crippen LogP contribution >= 0.6 is 0 Å². The Balaban J connectivity index is 2.21. The topological polar surface area (TPSA) is 17.1 Å². The highest BCUT2D eigenvalue weighted by molar-refractivity contribution is 6.05. The average molecular weight is 226 g/mol. The van der Waals surface area contributed by atoms with E-state index in [-0.39, 0.29) is 5.78 Å². The van der Waals surface area contributed by atoms with Gasteiger partial charge >= 0.3 is 0 Å². The van der Waals surface area contributed by atoms with Gasteiger partial charge in [0.15, 0.2) is 5.78 Å². The molecule has 0 fully saturated rings. The van der Waals surface area contributed by atoms with E-state index >= 15 is 0 Å². The summed E-state index contributed by atoms with van der Waals surface area (Å²) in [6.07, 6.45) is 7.29. The van der Waals surface area contributed by atoms with Crippen molar-refractivity contribution in [1.82, 2.24) is 0 Å². The quantitative estimate of drug-likeness (QED) is 0.544. The molecule has 0 bridgehead atoms. The lowest BCUT2D eigenvalue weighted by atomic mass is 9.94. The van der Waals surface area contributed by atoms with Crippen molar-refractivity contribution in [3.63, 3.8) is 0 Å². The second-order valence-corrected chi connectivity index (χ2v) is 4.80. The second-order valence-electron chi connectivity index (χ2n) is 4.80. The van der Waals surface area contributed by atoms with Crippen molar-refractivity contribution < 1.29 is 4.79 Å². The fraction of sp³-hybridized carbons (Fsp3) is 0.312. The summed E-state index contributed by atoms with van der Waals surface area (Å²) in [5.41, 5.74) is 4.46. The first-order chi connectivity index (χ1) is 8.15. The van der Waals surface area contributed by atoms with Gasteiger partial charge in [0, 0.05) is 5.56 Å². The molecule has 88 valence electrons. The molecule has 17 heavy (non-hydrogen) atoms. The van der Waals surface area contributed by atoms with E-state index in [2.05, 4.69) is 13.0 Å². The van der Waals surface area contributed by atoms with Gasteiger partial charge in [-0.15, -0.1) is 0 Å². The van der Waals surface area contributed by atoms with Crippen LogP contribution in [0.2, 0.25) is 0 Å². The van der Waals surface area contributed by atoms with Crippen molar-refractivity contribution in [1.29, 1.82) is 0 Å². The first-order valence-electron chi connectivity index (χ1n) is 6.14. The lowest BCUT2D eigenvalue weighted by Crippen LogP contribution is -1.99. The van der Waals surface area contributed by atoms with Crippen LogP contribution in [-0.2, 0) is 0 Å². The maximum atomic E-state index is 12.1. The van der Waals surface area contributed by atoms with Crippen molar-refractivity contribution in [2.45, 2.75) is 33.1 Å². The summed E-state index contributed by atoms with van der Waals surface area (Å²) in [5, 5.41) is 0. The third-order valence-electron chi connectivity index (χ3n) is 3.09. The van der Waals surface area contributed by atoms with E-state index in [0.29, 0.717) is 0 Å². The van der Waals surface area contributed by atoms with Crippen LogP contribution in [0.5, 0.6) is 0 Å². The predicted molar refractivity (Wildman–Crippen MR) is 71.2 cm³/mol. The molecule has 0 aliphatic heterocycles. The average Bonchev–Trinajstić information content (AvgIpc) is 2.29. The SMILES string of the molecule is CC1=C/C(=C/C(=O)c2cccc(C)c2)CCC1. The van der Waals surface area contributed by atoms with Gasteiger partial charge in [0.25, 0.3) is 0 Å². The van der Waals surface area contributed by atoms with E-state index in [4.69, 9.17) is 0 Å². The first-order valence-corrected chi connectivity index (χ1v) is 6.14. The standard InChI is InChI=1S/C16H18O/c1-12-5-3-7-14(9-12)11-16(17)15-8-4-6-13(2)10-15/h4,6,8-11H,3,5,7H2,1-2H3/b14-11+. The van der Waals surface area contributed by atoms with Crippen molar-refractivity contribution in [2.24, 2.45) is 0 Å². The fourth-order valence-electron chi connectivity index (χ4n) is 2.20. The van der Waals surface area contributed by atoms with Crippen LogP contribution in [-0.4, -0.2) is 5.78 Å². The van der Waals surface area contributed by atoms with Crippen molar-refractivity contribution in [2.75, 3.05) is 0 Å². The number of rotatable bonds is 2. The van der Waals surface area contributed by atoms with Crippen LogP contribution in [0.1, 0.15) is 42.1 Å². The smallest absolute Gasteiger partial charge is 0.186 e. The van der Waals surface area contributed by atoms with E-state index in [1.165, 1.54) is 11.1 Å². The molecule has 0 aromatic heterocycles. The van der Waals surface area contributed by atoms with Crippen molar-refractivity contribution >= 4 is 5.78 Å². The van der Waals surface area contributed by atoms with Gasteiger partial charge in [-0.05, 0) is 50.8 Å². The summed E-state index contributed by atoms with van der Waals surface area (Å²) in [7, 11) is 0. The van der Waals surface area contributed by atoms with Crippen LogP contribution in [0.3, 0.4) is 0 Å². The highest BCUT2D eigenvalue weighted by Crippen LogP contribution is 2.22. The zero-order valence-electron chi connectivity index (χ0n) is 10.5. The first kappa shape index (κ1) is 11.8. The zero-order chi connectivity index (χ0) is 12.3. The summed E-state index contributed by atoms with van der Waals surface area (Å²) >= 11 is 0. The molecule has 0 saturated heterocycles. The molecule has 1 aliphatic rings. The summed E-state index contributed by atoms with van der Waals surface area (Å²) < 4.78 is 0. The summed E-state index contributed by atoms with van der Waals surface area (Å²) in [4.78, 5) is 12.1. The summed E-state index contributed by atoms with van der Waals surface area (Å²) in [5.74, 6) is 0.120. The summed E-state index contributed by atoms with van der Waals surface area (Å²) in [6.45, 7) is 4.14. The molecular weight excluding hydrogens is 208 g/mol. The van der Waals surface area contributed by atoms with Crippen LogP contribution in [0.25, 0.3) is 0 Å². The Kier molecular flexibility index (Phi) is 3.58. The third-order valence-corrected chi connectivity index (χ3v) is 3.09. The van der Waals surface area contributed by atoms with Gasteiger partial charge in [-0.3, -0.25) is 4.79 Å². The number of benzene rings is 1.